The number of rotatable bonds is 3. The molecule has 0 saturated heterocycles. The van der Waals surface area contributed by atoms with Gasteiger partial charge >= 0.3 is 0 Å². The number of halogens is 1. The summed E-state index contributed by atoms with van der Waals surface area (Å²) >= 11 is 0. The minimum atomic E-state index is -0.570. The van der Waals surface area contributed by atoms with Gasteiger partial charge in [-0.2, -0.15) is 0 Å². The number of hydrogen-bond acceptors (Lipinski definition) is 2. The van der Waals surface area contributed by atoms with Gasteiger partial charge in [0.15, 0.2) is 5.78 Å². The topological polar surface area (TPSA) is 46.2 Å². The second-order valence-electron chi connectivity index (χ2n) is 4.49. The largest absolute Gasteiger partial charge is 0.321 e. The summed E-state index contributed by atoms with van der Waals surface area (Å²) in [6.07, 6.45) is 0. The lowest BCUT2D eigenvalue weighted by Gasteiger charge is -2.10. The zero-order chi connectivity index (χ0) is 14.7. The third-order valence-electron chi connectivity index (χ3n) is 2.99. The van der Waals surface area contributed by atoms with Crippen LogP contribution < -0.4 is 5.32 Å². The number of amides is 1. The lowest BCUT2D eigenvalue weighted by molar-refractivity contribution is 0.101. The van der Waals surface area contributed by atoms with Gasteiger partial charge < -0.3 is 5.32 Å². The van der Waals surface area contributed by atoms with Crippen molar-refractivity contribution in [3.8, 4) is 0 Å². The van der Waals surface area contributed by atoms with E-state index in [1.54, 1.807) is 43.3 Å². The third-order valence-corrected chi connectivity index (χ3v) is 2.99. The van der Waals surface area contributed by atoms with Gasteiger partial charge in [-0.3, -0.25) is 9.59 Å². The van der Waals surface area contributed by atoms with Gasteiger partial charge in [0.25, 0.3) is 5.91 Å². The Kier molecular flexibility index (Phi) is 3.94. The first-order valence-corrected chi connectivity index (χ1v) is 6.17. The fourth-order valence-electron chi connectivity index (χ4n) is 1.91. The van der Waals surface area contributed by atoms with Crippen molar-refractivity contribution in [2.45, 2.75) is 13.8 Å². The molecule has 4 heteroatoms. The lowest BCUT2D eigenvalue weighted by atomic mass is 10.1. The Bertz CT molecular complexity index is 680. The first kappa shape index (κ1) is 13.9. The average Bonchev–Trinajstić information content (AvgIpc) is 2.42. The zero-order valence-corrected chi connectivity index (χ0v) is 11.2. The van der Waals surface area contributed by atoms with E-state index in [2.05, 4.69) is 5.32 Å². The molecule has 0 fully saturated rings. The van der Waals surface area contributed by atoms with Gasteiger partial charge in [-0.1, -0.05) is 24.3 Å². The first-order chi connectivity index (χ1) is 9.50. The lowest BCUT2D eigenvalue weighted by Crippen LogP contribution is -2.16. The smallest absolute Gasteiger partial charge is 0.258 e. The van der Waals surface area contributed by atoms with Crippen LogP contribution in [0.25, 0.3) is 0 Å². The fourth-order valence-corrected chi connectivity index (χ4v) is 1.91. The Labute approximate surface area is 116 Å². The van der Waals surface area contributed by atoms with Crippen LogP contribution in [-0.4, -0.2) is 11.7 Å². The van der Waals surface area contributed by atoms with Gasteiger partial charge in [-0.15, -0.1) is 0 Å². The maximum atomic E-state index is 13.9. The highest BCUT2D eigenvalue weighted by atomic mass is 19.1. The molecule has 1 N–H and O–H groups in total. The van der Waals surface area contributed by atoms with Crippen molar-refractivity contribution in [2.24, 2.45) is 0 Å². The number of hydrogen-bond donors (Lipinski definition) is 1. The molecule has 3 nitrogen and oxygen atoms in total. The summed E-state index contributed by atoms with van der Waals surface area (Å²) in [4.78, 5) is 23.6. The molecule has 2 aromatic carbocycles. The molecule has 0 unspecified atom stereocenters. The molecule has 0 aliphatic rings. The molecule has 0 radical (unpaired) electrons. The van der Waals surface area contributed by atoms with Crippen molar-refractivity contribution in [3.63, 3.8) is 0 Å². The standard InChI is InChI=1S/C16H14FNO2/c1-10-6-5-8-13(15(10)17)16(20)18-14-9-4-3-7-12(14)11(2)19/h3-9H,1-2H3,(H,18,20). The Hall–Kier alpha value is -2.49. The van der Waals surface area contributed by atoms with E-state index >= 15 is 0 Å². The van der Waals surface area contributed by atoms with Crippen LogP contribution in [0.1, 0.15) is 33.2 Å². The molecule has 0 heterocycles. The molecule has 20 heavy (non-hydrogen) atoms. The molecule has 0 spiro atoms. The molecule has 2 aromatic rings. The number of ketones is 1. The van der Waals surface area contributed by atoms with Crippen LogP contribution in [0.4, 0.5) is 10.1 Å². The van der Waals surface area contributed by atoms with Crippen molar-refractivity contribution >= 4 is 17.4 Å². The van der Waals surface area contributed by atoms with Gasteiger partial charge in [-0.05, 0) is 37.6 Å². The second kappa shape index (κ2) is 5.65. The number of benzene rings is 2. The highest BCUT2D eigenvalue weighted by Gasteiger charge is 2.15. The summed E-state index contributed by atoms with van der Waals surface area (Å²) in [6.45, 7) is 3.01. The predicted octanol–water partition coefficient (Wildman–Crippen LogP) is 3.59. The quantitative estimate of drug-likeness (QED) is 0.867. The van der Waals surface area contributed by atoms with E-state index < -0.39 is 11.7 Å². The number of nitrogens with one attached hydrogen (secondary N) is 1. The number of Topliss-reactive ketones (excluding diaryl/α,β-unsaturated/α-hetero) is 1. The minimum Gasteiger partial charge on any atom is -0.321 e. The summed E-state index contributed by atoms with van der Waals surface area (Å²) < 4.78 is 13.9. The van der Waals surface area contributed by atoms with Crippen molar-refractivity contribution in [1.29, 1.82) is 0 Å². The summed E-state index contributed by atoms with van der Waals surface area (Å²) in [5.74, 6) is -1.28. The number of para-hydroxylation sites is 1. The van der Waals surface area contributed by atoms with Crippen LogP contribution >= 0.6 is 0 Å². The summed E-state index contributed by atoms with van der Waals surface area (Å²) in [7, 11) is 0. The Morgan fingerprint density at radius 1 is 1.00 bits per heavy atom. The van der Waals surface area contributed by atoms with Crippen LogP contribution in [0.3, 0.4) is 0 Å². The van der Waals surface area contributed by atoms with Gasteiger partial charge in [0.1, 0.15) is 5.82 Å². The molecule has 0 bridgehead atoms. The molecule has 0 aliphatic heterocycles. The Morgan fingerprint density at radius 3 is 2.35 bits per heavy atom. The highest BCUT2D eigenvalue weighted by molar-refractivity contribution is 6.09. The normalized spacial score (nSPS) is 10.2. The molecule has 102 valence electrons. The van der Waals surface area contributed by atoms with Crippen LogP contribution in [0.5, 0.6) is 0 Å². The molecule has 0 saturated carbocycles. The fraction of sp³-hybridized carbons (Fsp3) is 0.125. The molecule has 2 rings (SSSR count). The SMILES string of the molecule is CC(=O)c1ccccc1NC(=O)c1cccc(C)c1F. The molecule has 0 aromatic heterocycles. The molecule has 0 atom stereocenters. The maximum Gasteiger partial charge on any atom is 0.258 e. The van der Waals surface area contributed by atoms with E-state index in [0.717, 1.165) is 0 Å². The van der Waals surface area contributed by atoms with Crippen molar-refractivity contribution in [1.82, 2.24) is 0 Å². The number of carbonyl (C=O) groups excluding carboxylic acids is 2. The molecular formula is C16H14FNO2. The molecule has 0 aliphatic carbocycles. The monoisotopic (exact) mass is 271 g/mol. The number of carbonyl (C=O) groups is 2. The number of aryl methyl sites for hydroxylation is 1. The second-order valence-corrected chi connectivity index (χ2v) is 4.49. The average molecular weight is 271 g/mol. The van der Waals surface area contributed by atoms with Gasteiger partial charge in [0, 0.05) is 5.56 Å². The van der Waals surface area contributed by atoms with E-state index in [1.165, 1.54) is 13.0 Å². The van der Waals surface area contributed by atoms with Crippen molar-refractivity contribution in [3.05, 3.63) is 65.0 Å². The summed E-state index contributed by atoms with van der Waals surface area (Å²) in [5.41, 5.74) is 1.14. The zero-order valence-electron chi connectivity index (χ0n) is 11.2. The van der Waals surface area contributed by atoms with Crippen LogP contribution in [0.15, 0.2) is 42.5 Å². The third kappa shape index (κ3) is 2.74. The Balaban J connectivity index is 2.33. The van der Waals surface area contributed by atoms with E-state index in [9.17, 15) is 14.0 Å². The number of anilines is 1. The van der Waals surface area contributed by atoms with Gasteiger partial charge in [-0.25, -0.2) is 4.39 Å². The Morgan fingerprint density at radius 2 is 1.65 bits per heavy atom. The van der Waals surface area contributed by atoms with Crippen LogP contribution in [0, 0.1) is 12.7 Å². The maximum absolute atomic E-state index is 13.9. The van der Waals surface area contributed by atoms with E-state index in [4.69, 9.17) is 0 Å². The van der Waals surface area contributed by atoms with E-state index in [1.807, 2.05) is 0 Å². The van der Waals surface area contributed by atoms with Crippen molar-refractivity contribution < 1.29 is 14.0 Å². The summed E-state index contributed by atoms with van der Waals surface area (Å²) in [5, 5.41) is 2.58. The molecule has 1 amide bonds. The highest BCUT2D eigenvalue weighted by Crippen LogP contribution is 2.18. The van der Waals surface area contributed by atoms with E-state index in [0.29, 0.717) is 16.8 Å². The van der Waals surface area contributed by atoms with Gasteiger partial charge in [0.2, 0.25) is 0 Å². The minimum absolute atomic E-state index is 0.0386. The van der Waals surface area contributed by atoms with Crippen LogP contribution in [-0.2, 0) is 0 Å². The molecular weight excluding hydrogens is 257 g/mol. The summed E-state index contributed by atoms with van der Waals surface area (Å²) in [6, 6.07) is 11.3. The van der Waals surface area contributed by atoms with Crippen LogP contribution in [0.2, 0.25) is 0 Å². The van der Waals surface area contributed by atoms with E-state index in [-0.39, 0.29) is 11.3 Å². The first-order valence-electron chi connectivity index (χ1n) is 6.17. The predicted molar refractivity (Wildman–Crippen MR) is 75.5 cm³/mol. The van der Waals surface area contributed by atoms with Crippen molar-refractivity contribution in [2.75, 3.05) is 5.32 Å². The van der Waals surface area contributed by atoms with Gasteiger partial charge in [0.05, 0.1) is 11.3 Å².